The second-order valence-corrected chi connectivity index (χ2v) is 6.18. The summed E-state index contributed by atoms with van der Waals surface area (Å²) in [7, 11) is 0. The van der Waals surface area contributed by atoms with Crippen LogP contribution in [-0.2, 0) is 4.79 Å². The number of amides is 1. The lowest BCUT2D eigenvalue weighted by Gasteiger charge is -2.33. The van der Waals surface area contributed by atoms with Crippen LogP contribution in [0.3, 0.4) is 0 Å². The van der Waals surface area contributed by atoms with Gasteiger partial charge in [0.2, 0.25) is 5.91 Å². The summed E-state index contributed by atoms with van der Waals surface area (Å²) in [5, 5.41) is 6.30. The smallest absolute Gasteiger partial charge is 0.353 e. The van der Waals surface area contributed by atoms with E-state index < -0.39 is 12.1 Å². The van der Waals surface area contributed by atoms with Crippen LogP contribution in [0.1, 0.15) is 39.0 Å². The average molecular weight is 292 g/mol. The molecular formula is C14H23F3N2O. The molecule has 6 heteroatoms. The molecule has 1 aliphatic heterocycles. The lowest BCUT2D eigenvalue weighted by molar-refractivity contribution is -0.184. The standard InChI is InChI=1S/C14H23F3N2O/c1-9-8-18-7-6-12(9)19-13(20)10-2-4-11(5-3-10)14(15,16)17/h9-12,18H,2-8H2,1H3,(H,19,20). The number of hydrogen-bond donors (Lipinski definition) is 2. The van der Waals surface area contributed by atoms with Gasteiger partial charge in [0.25, 0.3) is 0 Å². The Hall–Kier alpha value is -0.780. The molecule has 1 saturated heterocycles. The van der Waals surface area contributed by atoms with E-state index in [9.17, 15) is 18.0 Å². The van der Waals surface area contributed by atoms with E-state index in [4.69, 9.17) is 0 Å². The van der Waals surface area contributed by atoms with Gasteiger partial charge in [-0.05, 0) is 51.1 Å². The first kappa shape index (κ1) is 15.6. The predicted octanol–water partition coefficient (Wildman–Crippen LogP) is 2.47. The summed E-state index contributed by atoms with van der Waals surface area (Å²) in [5.41, 5.74) is 0. The number of piperidine rings is 1. The quantitative estimate of drug-likeness (QED) is 0.821. The third-order valence-corrected chi connectivity index (χ3v) is 4.67. The number of hydrogen-bond acceptors (Lipinski definition) is 2. The van der Waals surface area contributed by atoms with Gasteiger partial charge in [-0.15, -0.1) is 0 Å². The Bertz CT molecular complexity index is 338. The summed E-state index contributed by atoms with van der Waals surface area (Å²) in [6.07, 6.45) is -2.33. The predicted molar refractivity (Wildman–Crippen MR) is 70.1 cm³/mol. The molecule has 1 aliphatic carbocycles. The number of rotatable bonds is 2. The van der Waals surface area contributed by atoms with Crippen molar-refractivity contribution in [2.24, 2.45) is 17.8 Å². The largest absolute Gasteiger partial charge is 0.391 e. The molecule has 2 atom stereocenters. The minimum atomic E-state index is -4.11. The average Bonchev–Trinajstić information content (AvgIpc) is 2.40. The molecule has 2 unspecified atom stereocenters. The van der Waals surface area contributed by atoms with Crippen molar-refractivity contribution in [1.29, 1.82) is 0 Å². The minimum absolute atomic E-state index is 0.0515. The van der Waals surface area contributed by atoms with Crippen LogP contribution in [0.4, 0.5) is 13.2 Å². The Kier molecular flexibility index (Phi) is 4.94. The van der Waals surface area contributed by atoms with Crippen LogP contribution in [-0.4, -0.2) is 31.2 Å². The molecule has 0 spiro atoms. The second kappa shape index (κ2) is 6.33. The van der Waals surface area contributed by atoms with Crippen molar-refractivity contribution < 1.29 is 18.0 Å². The maximum Gasteiger partial charge on any atom is 0.391 e. The number of alkyl halides is 3. The first-order chi connectivity index (χ1) is 9.38. The summed E-state index contributed by atoms with van der Waals surface area (Å²) in [6.45, 7) is 3.85. The molecule has 116 valence electrons. The number of carbonyl (C=O) groups is 1. The highest BCUT2D eigenvalue weighted by molar-refractivity contribution is 5.79. The SMILES string of the molecule is CC1CNCCC1NC(=O)C1CCC(C(F)(F)F)CC1. The molecule has 3 nitrogen and oxygen atoms in total. The highest BCUT2D eigenvalue weighted by atomic mass is 19.4. The lowest BCUT2D eigenvalue weighted by Crippen LogP contribution is -2.50. The molecule has 0 aromatic heterocycles. The molecule has 0 aromatic carbocycles. The van der Waals surface area contributed by atoms with E-state index in [2.05, 4.69) is 17.6 Å². The van der Waals surface area contributed by atoms with Gasteiger partial charge in [-0.3, -0.25) is 4.79 Å². The fraction of sp³-hybridized carbons (Fsp3) is 0.929. The Morgan fingerprint density at radius 1 is 1.15 bits per heavy atom. The van der Waals surface area contributed by atoms with Crippen LogP contribution in [0.5, 0.6) is 0 Å². The lowest BCUT2D eigenvalue weighted by atomic mass is 9.81. The number of nitrogens with one attached hydrogen (secondary N) is 2. The van der Waals surface area contributed by atoms with Gasteiger partial charge in [-0.1, -0.05) is 6.92 Å². The zero-order chi connectivity index (χ0) is 14.8. The molecule has 20 heavy (non-hydrogen) atoms. The molecule has 0 radical (unpaired) electrons. The molecule has 2 rings (SSSR count). The normalized spacial score (nSPS) is 35.6. The molecule has 1 saturated carbocycles. The summed E-state index contributed by atoms with van der Waals surface area (Å²) >= 11 is 0. The van der Waals surface area contributed by atoms with Gasteiger partial charge in [0, 0.05) is 12.0 Å². The van der Waals surface area contributed by atoms with Gasteiger partial charge in [0.05, 0.1) is 5.92 Å². The highest BCUT2D eigenvalue weighted by Gasteiger charge is 2.42. The van der Waals surface area contributed by atoms with Gasteiger partial charge in [-0.25, -0.2) is 0 Å². The molecule has 1 amide bonds. The van der Waals surface area contributed by atoms with Crippen LogP contribution in [0.25, 0.3) is 0 Å². The van der Waals surface area contributed by atoms with Gasteiger partial charge >= 0.3 is 6.18 Å². The summed E-state index contributed by atoms with van der Waals surface area (Å²) in [5.74, 6) is -1.14. The Morgan fingerprint density at radius 3 is 2.35 bits per heavy atom. The van der Waals surface area contributed by atoms with E-state index in [0.717, 1.165) is 19.5 Å². The first-order valence-electron chi connectivity index (χ1n) is 7.45. The van der Waals surface area contributed by atoms with Crippen molar-refractivity contribution in [2.75, 3.05) is 13.1 Å². The number of carbonyl (C=O) groups excluding carboxylic acids is 1. The van der Waals surface area contributed by atoms with Gasteiger partial charge in [0.15, 0.2) is 0 Å². The third-order valence-electron chi connectivity index (χ3n) is 4.67. The van der Waals surface area contributed by atoms with Gasteiger partial charge in [-0.2, -0.15) is 13.2 Å². The van der Waals surface area contributed by atoms with Crippen molar-refractivity contribution in [2.45, 2.75) is 51.2 Å². The topological polar surface area (TPSA) is 41.1 Å². The molecule has 2 N–H and O–H groups in total. The van der Waals surface area contributed by atoms with E-state index in [0.29, 0.717) is 18.8 Å². The first-order valence-corrected chi connectivity index (χ1v) is 7.45. The summed E-state index contributed by atoms with van der Waals surface area (Å²) in [6, 6.07) is 0.157. The van der Waals surface area contributed by atoms with Crippen LogP contribution in [0.15, 0.2) is 0 Å². The van der Waals surface area contributed by atoms with Gasteiger partial charge in [0.1, 0.15) is 0 Å². The molecule has 2 fully saturated rings. The number of halogens is 3. The molecule has 0 bridgehead atoms. The second-order valence-electron chi connectivity index (χ2n) is 6.18. The molecular weight excluding hydrogens is 269 g/mol. The highest BCUT2D eigenvalue weighted by Crippen LogP contribution is 2.39. The van der Waals surface area contributed by atoms with Crippen molar-refractivity contribution >= 4 is 5.91 Å². The van der Waals surface area contributed by atoms with Gasteiger partial charge < -0.3 is 10.6 Å². The summed E-state index contributed by atoms with van der Waals surface area (Å²) < 4.78 is 37.8. The van der Waals surface area contributed by atoms with Crippen LogP contribution < -0.4 is 10.6 Å². The maximum atomic E-state index is 12.6. The zero-order valence-corrected chi connectivity index (χ0v) is 11.8. The minimum Gasteiger partial charge on any atom is -0.353 e. The van der Waals surface area contributed by atoms with Crippen LogP contribution in [0, 0.1) is 17.8 Å². The van der Waals surface area contributed by atoms with Crippen molar-refractivity contribution in [3.63, 3.8) is 0 Å². The fourth-order valence-electron chi connectivity index (χ4n) is 3.21. The van der Waals surface area contributed by atoms with Crippen molar-refractivity contribution in [1.82, 2.24) is 10.6 Å². The maximum absolute atomic E-state index is 12.6. The van der Waals surface area contributed by atoms with Crippen molar-refractivity contribution in [3.8, 4) is 0 Å². The molecule has 2 aliphatic rings. The summed E-state index contributed by atoms with van der Waals surface area (Å²) in [4.78, 5) is 12.2. The van der Waals surface area contributed by atoms with E-state index in [-0.39, 0.29) is 30.7 Å². The van der Waals surface area contributed by atoms with Crippen LogP contribution >= 0.6 is 0 Å². The monoisotopic (exact) mass is 292 g/mol. The fourth-order valence-corrected chi connectivity index (χ4v) is 3.21. The molecule has 0 aromatic rings. The zero-order valence-electron chi connectivity index (χ0n) is 11.8. The van der Waals surface area contributed by atoms with Crippen LogP contribution in [0.2, 0.25) is 0 Å². The van der Waals surface area contributed by atoms with Crippen molar-refractivity contribution in [3.05, 3.63) is 0 Å². The van der Waals surface area contributed by atoms with E-state index in [1.54, 1.807) is 0 Å². The van der Waals surface area contributed by atoms with E-state index in [1.807, 2.05) is 0 Å². The molecule has 1 heterocycles. The van der Waals surface area contributed by atoms with E-state index >= 15 is 0 Å². The third kappa shape index (κ3) is 3.87. The Balaban J connectivity index is 1.80. The van der Waals surface area contributed by atoms with E-state index in [1.165, 1.54) is 0 Å². The Labute approximate surface area is 117 Å². The Morgan fingerprint density at radius 2 is 1.80 bits per heavy atom.